The van der Waals surface area contributed by atoms with Crippen molar-refractivity contribution in [3.8, 4) is 17.4 Å². The molecule has 0 fully saturated rings. The van der Waals surface area contributed by atoms with Crippen molar-refractivity contribution in [1.82, 2.24) is 14.1 Å². The zero-order valence-corrected chi connectivity index (χ0v) is 20.1. The van der Waals surface area contributed by atoms with Crippen LogP contribution in [0.15, 0.2) is 108 Å². The Morgan fingerprint density at radius 1 is 0.629 bits per heavy atom. The fraction of sp³-hybridized carbons (Fsp3) is 0. The fourth-order valence-corrected chi connectivity index (χ4v) is 5.58. The van der Waals surface area contributed by atoms with Crippen LogP contribution in [0.3, 0.4) is 0 Å². The molecule has 4 aromatic carbocycles. The average Bonchev–Trinajstić information content (AvgIpc) is 3.41. The Morgan fingerprint density at radius 3 is 1.80 bits per heavy atom. The van der Waals surface area contributed by atoms with Gasteiger partial charge in [0.25, 0.3) is 0 Å². The Labute approximate surface area is 209 Å². The van der Waals surface area contributed by atoms with E-state index in [-0.39, 0.29) is 0 Å². The highest BCUT2D eigenvalue weighted by Gasteiger charge is 2.17. The van der Waals surface area contributed by atoms with Gasteiger partial charge in [-0.15, -0.1) is 0 Å². The quantitative estimate of drug-likeness (QED) is 0.221. The molecule has 0 bridgehead atoms. The number of aromatic nitrogens is 3. The van der Waals surface area contributed by atoms with Gasteiger partial charge in [0.2, 0.25) is 0 Å². The lowest BCUT2D eigenvalue weighted by molar-refractivity contribution is 1.11. The van der Waals surface area contributed by atoms with Crippen LogP contribution in [0.25, 0.3) is 55.0 Å². The zero-order valence-electron chi connectivity index (χ0n) is 18.5. The van der Waals surface area contributed by atoms with Crippen molar-refractivity contribution in [2.24, 2.45) is 0 Å². The first kappa shape index (κ1) is 20.0. The molecule has 0 aliphatic carbocycles. The molecule has 5 heteroatoms. The van der Waals surface area contributed by atoms with Gasteiger partial charge in [0.1, 0.15) is 10.7 Å². The minimum atomic E-state index is 0.570. The first-order valence-electron chi connectivity index (χ1n) is 11.3. The number of rotatable bonds is 2. The Kier molecular flexibility index (Phi) is 4.32. The molecular weight excluding hydrogens is 496 g/mol. The summed E-state index contributed by atoms with van der Waals surface area (Å²) in [5.74, 6) is 0. The van der Waals surface area contributed by atoms with Crippen molar-refractivity contribution >= 4 is 59.5 Å². The van der Waals surface area contributed by atoms with E-state index in [9.17, 15) is 5.26 Å². The molecule has 0 spiro atoms. The van der Waals surface area contributed by atoms with Crippen LogP contribution in [0.5, 0.6) is 0 Å². The molecule has 0 unspecified atom stereocenters. The number of hydrogen-bond acceptors (Lipinski definition) is 2. The molecule has 3 heterocycles. The van der Waals surface area contributed by atoms with E-state index >= 15 is 0 Å². The van der Waals surface area contributed by atoms with Crippen molar-refractivity contribution < 1.29 is 0 Å². The second-order valence-corrected chi connectivity index (χ2v) is 9.37. The number of fused-ring (bicyclic) bond motifs is 6. The number of hydrogen-bond donors (Lipinski definition) is 0. The number of halogens is 1. The molecule has 0 N–H and O–H groups in total. The Balaban J connectivity index is 1.58. The van der Waals surface area contributed by atoms with Gasteiger partial charge in [-0.1, -0.05) is 54.6 Å². The minimum absolute atomic E-state index is 0.570. The number of benzene rings is 4. The van der Waals surface area contributed by atoms with Gasteiger partial charge in [-0.3, -0.25) is 0 Å². The van der Waals surface area contributed by atoms with Gasteiger partial charge in [-0.2, -0.15) is 5.26 Å². The number of para-hydroxylation sites is 3. The molecule has 0 radical (unpaired) electrons. The lowest BCUT2D eigenvalue weighted by Gasteiger charge is -2.11. The molecule has 35 heavy (non-hydrogen) atoms. The summed E-state index contributed by atoms with van der Waals surface area (Å²) in [7, 11) is 0. The normalized spacial score (nSPS) is 11.5. The van der Waals surface area contributed by atoms with Crippen LogP contribution in [0, 0.1) is 11.3 Å². The lowest BCUT2D eigenvalue weighted by Crippen LogP contribution is -1.99. The van der Waals surface area contributed by atoms with Crippen LogP contribution in [-0.4, -0.2) is 14.1 Å². The number of nitriles is 1. The predicted octanol–water partition coefficient (Wildman–Crippen LogP) is 7.91. The van der Waals surface area contributed by atoms with Gasteiger partial charge in [0, 0.05) is 27.2 Å². The third-order valence-electron chi connectivity index (χ3n) is 6.71. The Bertz CT molecular complexity index is 1930. The van der Waals surface area contributed by atoms with Gasteiger partial charge in [-0.25, -0.2) is 4.98 Å². The van der Waals surface area contributed by atoms with E-state index in [1.807, 2.05) is 6.07 Å². The standard InChI is InChI=1S/C30H17BrN4/c31-30-15-19(17-32)29(18-33-30)35-27-12-6-3-9-23(27)24-16-20(13-14-28(24)35)34-25-10-4-1-7-21(25)22-8-2-5-11-26(22)34/h1-16,18H. The van der Waals surface area contributed by atoms with E-state index in [4.69, 9.17) is 0 Å². The molecule has 0 atom stereocenters. The van der Waals surface area contributed by atoms with E-state index < -0.39 is 0 Å². The summed E-state index contributed by atoms with van der Waals surface area (Å²) in [6.07, 6.45) is 1.76. The van der Waals surface area contributed by atoms with Gasteiger partial charge in [0.15, 0.2) is 0 Å². The van der Waals surface area contributed by atoms with Gasteiger partial charge >= 0.3 is 0 Å². The van der Waals surface area contributed by atoms with Crippen LogP contribution in [-0.2, 0) is 0 Å². The molecule has 0 saturated heterocycles. The lowest BCUT2D eigenvalue weighted by atomic mass is 10.1. The number of nitrogens with zero attached hydrogens (tertiary/aromatic N) is 4. The van der Waals surface area contributed by atoms with Gasteiger partial charge < -0.3 is 9.13 Å². The van der Waals surface area contributed by atoms with Crippen molar-refractivity contribution in [2.45, 2.75) is 0 Å². The topological polar surface area (TPSA) is 46.5 Å². The fourth-order valence-electron chi connectivity index (χ4n) is 5.25. The summed E-state index contributed by atoms with van der Waals surface area (Å²) in [5.41, 5.74) is 6.89. The molecule has 0 aliphatic rings. The van der Waals surface area contributed by atoms with E-state index in [2.05, 4.69) is 121 Å². The summed E-state index contributed by atoms with van der Waals surface area (Å²) in [6.45, 7) is 0. The summed E-state index contributed by atoms with van der Waals surface area (Å²) >= 11 is 3.40. The molecule has 0 amide bonds. The van der Waals surface area contributed by atoms with E-state index in [1.165, 1.54) is 21.8 Å². The SMILES string of the molecule is N#Cc1cc(Br)ncc1-n1c2ccccc2c2cc(-n3c4ccccc4c4ccccc43)ccc21. The first-order chi connectivity index (χ1) is 17.2. The molecule has 7 aromatic rings. The maximum Gasteiger partial charge on any atom is 0.107 e. The Morgan fingerprint density at radius 2 is 1.17 bits per heavy atom. The molecule has 0 aliphatic heterocycles. The highest BCUT2D eigenvalue weighted by atomic mass is 79.9. The van der Waals surface area contributed by atoms with Crippen LogP contribution >= 0.6 is 15.9 Å². The molecule has 7 rings (SSSR count). The maximum atomic E-state index is 9.84. The minimum Gasteiger partial charge on any atom is -0.309 e. The third-order valence-corrected chi connectivity index (χ3v) is 7.14. The van der Waals surface area contributed by atoms with E-state index in [1.54, 1.807) is 12.3 Å². The Hall–Kier alpha value is -4.40. The van der Waals surface area contributed by atoms with E-state index in [0.29, 0.717) is 10.2 Å². The highest BCUT2D eigenvalue weighted by Crippen LogP contribution is 2.37. The van der Waals surface area contributed by atoms with Crippen molar-refractivity contribution in [1.29, 1.82) is 5.26 Å². The second kappa shape index (κ2) is 7.56. The van der Waals surface area contributed by atoms with Gasteiger partial charge in [-0.05, 0) is 58.4 Å². The summed E-state index contributed by atoms with van der Waals surface area (Å²) in [4.78, 5) is 4.42. The van der Waals surface area contributed by atoms with E-state index in [0.717, 1.165) is 33.2 Å². The summed E-state index contributed by atoms with van der Waals surface area (Å²) < 4.78 is 5.11. The van der Waals surface area contributed by atoms with Gasteiger partial charge in [0.05, 0.1) is 39.5 Å². The third kappa shape index (κ3) is 2.87. The zero-order chi connectivity index (χ0) is 23.5. The highest BCUT2D eigenvalue weighted by molar-refractivity contribution is 9.10. The molecular formula is C30H17BrN4. The largest absolute Gasteiger partial charge is 0.309 e. The van der Waals surface area contributed by atoms with Crippen molar-refractivity contribution in [3.63, 3.8) is 0 Å². The van der Waals surface area contributed by atoms with Crippen LogP contribution in [0.2, 0.25) is 0 Å². The smallest absolute Gasteiger partial charge is 0.107 e. The summed E-state index contributed by atoms with van der Waals surface area (Å²) in [6, 6.07) is 36.1. The monoisotopic (exact) mass is 512 g/mol. The van der Waals surface area contributed by atoms with Crippen molar-refractivity contribution in [3.05, 3.63) is 113 Å². The average molecular weight is 513 g/mol. The molecule has 4 nitrogen and oxygen atoms in total. The summed E-state index contributed by atoms with van der Waals surface area (Å²) in [5, 5.41) is 14.6. The van der Waals surface area contributed by atoms with Crippen molar-refractivity contribution in [2.75, 3.05) is 0 Å². The van der Waals surface area contributed by atoms with Crippen LogP contribution in [0.1, 0.15) is 5.56 Å². The second-order valence-electron chi connectivity index (χ2n) is 8.56. The van der Waals surface area contributed by atoms with Crippen LogP contribution < -0.4 is 0 Å². The predicted molar refractivity (Wildman–Crippen MR) is 145 cm³/mol. The first-order valence-corrected chi connectivity index (χ1v) is 12.1. The molecule has 164 valence electrons. The number of pyridine rings is 1. The molecule has 3 aromatic heterocycles. The maximum absolute atomic E-state index is 9.84. The molecule has 0 saturated carbocycles. The van der Waals surface area contributed by atoms with Crippen LogP contribution in [0.4, 0.5) is 0 Å².